The van der Waals surface area contributed by atoms with Gasteiger partial charge in [-0.05, 0) is 42.7 Å². The molecule has 1 saturated carbocycles. The Kier molecular flexibility index (Phi) is 3.65. The summed E-state index contributed by atoms with van der Waals surface area (Å²) in [5.74, 6) is 1.66. The molecule has 2 rings (SSSR count). The molecule has 1 atom stereocenters. The Hall–Kier alpha value is -0.820. The molecule has 0 heterocycles. The third-order valence-electron chi connectivity index (χ3n) is 3.91. The lowest BCUT2D eigenvalue weighted by Gasteiger charge is -2.26. The standard InChI is InChI=1S/C15H22O/c1-11-3-5-14(6-4-11)15-9-7-13(8-10-15)12(2)16/h7-12,14,16H,3-6H2,1-2H3. The van der Waals surface area contributed by atoms with E-state index < -0.39 is 0 Å². The number of aliphatic hydroxyl groups excluding tert-OH is 1. The normalized spacial score (nSPS) is 27.7. The van der Waals surface area contributed by atoms with Crippen LogP contribution in [0.5, 0.6) is 0 Å². The van der Waals surface area contributed by atoms with Gasteiger partial charge in [-0.2, -0.15) is 0 Å². The summed E-state index contributed by atoms with van der Waals surface area (Å²) >= 11 is 0. The predicted molar refractivity (Wildman–Crippen MR) is 67.4 cm³/mol. The molecule has 0 saturated heterocycles. The summed E-state index contributed by atoms with van der Waals surface area (Å²) in [6, 6.07) is 8.53. The third kappa shape index (κ3) is 2.65. The molecule has 0 radical (unpaired) electrons. The molecule has 16 heavy (non-hydrogen) atoms. The zero-order valence-corrected chi connectivity index (χ0v) is 10.3. The average Bonchev–Trinajstić information content (AvgIpc) is 2.30. The van der Waals surface area contributed by atoms with Gasteiger partial charge >= 0.3 is 0 Å². The second-order valence-electron chi connectivity index (χ2n) is 5.30. The largest absolute Gasteiger partial charge is 0.389 e. The fraction of sp³-hybridized carbons (Fsp3) is 0.600. The van der Waals surface area contributed by atoms with E-state index >= 15 is 0 Å². The zero-order valence-electron chi connectivity index (χ0n) is 10.3. The van der Waals surface area contributed by atoms with Crippen LogP contribution < -0.4 is 0 Å². The van der Waals surface area contributed by atoms with Crippen molar-refractivity contribution in [2.24, 2.45) is 5.92 Å². The van der Waals surface area contributed by atoms with E-state index in [0.717, 1.165) is 17.4 Å². The smallest absolute Gasteiger partial charge is 0.0761 e. The molecule has 1 aliphatic carbocycles. The highest BCUT2D eigenvalue weighted by Gasteiger charge is 2.19. The lowest BCUT2D eigenvalue weighted by Crippen LogP contribution is -2.10. The van der Waals surface area contributed by atoms with Gasteiger partial charge in [0.05, 0.1) is 6.10 Å². The molecule has 1 nitrogen and oxygen atoms in total. The number of rotatable bonds is 2. The molecule has 0 aromatic heterocycles. The molecule has 88 valence electrons. The van der Waals surface area contributed by atoms with Crippen LogP contribution in [0.3, 0.4) is 0 Å². The second-order valence-corrected chi connectivity index (χ2v) is 5.30. The van der Waals surface area contributed by atoms with Gasteiger partial charge in [-0.15, -0.1) is 0 Å². The van der Waals surface area contributed by atoms with Crippen LogP contribution in [0.15, 0.2) is 24.3 Å². The minimum Gasteiger partial charge on any atom is -0.389 e. The van der Waals surface area contributed by atoms with Crippen molar-refractivity contribution in [2.45, 2.75) is 51.6 Å². The summed E-state index contributed by atoms with van der Waals surface area (Å²) in [4.78, 5) is 0. The summed E-state index contributed by atoms with van der Waals surface area (Å²) in [5, 5.41) is 9.46. The molecule has 1 aromatic carbocycles. The molecule has 1 N–H and O–H groups in total. The zero-order chi connectivity index (χ0) is 11.5. The number of hydrogen-bond acceptors (Lipinski definition) is 1. The first-order valence-electron chi connectivity index (χ1n) is 6.44. The van der Waals surface area contributed by atoms with E-state index in [9.17, 15) is 5.11 Å². The van der Waals surface area contributed by atoms with Crippen molar-refractivity contribution in [3.63, 3.8) is 0 Å². The van der Waals surface area contributed by atoms with Crippen molar-refractivity contribution in [1.29, 1.82) is 0 Å². The van der Waals surface area contributed by atoms with Gasteiger partial charge in [0, 0.05) is 0 Å². The fourth-order valence-electron chi connectivity index (χ4n) is 2.64. The Labute approximate surface area is 98.5 Å². The van der Waals surface area contributed by atoms with Gasteiger partial charge < -0.3 is 5.11 Å². The maximum atomic E-state index is 9.46. The molecule has 1 aromatic rings. The highest BCUT2D eigenvalue weighted by Crippen LogP contribution is 2.35. The summed E-state index contributed by atoms with van der Waals surface area (Å²) in [6.07, 6.45) is 5.04. The van der Waals surface area contributed by atoms with Gasteiger partial charge in [0.2, 0.25) is 0 Å². The van der Waals surface area contributed by atoms with E-state index in [1.165, 1.54) is 31.2 Å². The summed E-state index contributed by atoms with van der Waals surface area (Å²) in [6.45, 7) is 4.17. The van der Waals surface area contributed by atoms with E-state index in [4.69, 9.17) is 0 Å². The van der Waals surface area contributed by atoms with Crippen molar-refractivity contribution in [1.82, 2.24) is 0 Å². The molecule has 0 amide bonds. The van der Waals surface area contributed by atoms with E-state index in [2.05, 4.69) is 31.2 Å². The summed E-state index contributed by atoms with van der Waals surface area (Å²) < 4.78 is 0. The molecule has 0 aliphatic heterocycles. The highest BCUT2D eigenvalue weighted by atomic mass is 16.3. The van der Waals surface area contributed by atoms with Crippen molar-refractivity contribution >= 4 is 0 Å². The minimum absolute atomic E-state index is 0.347. The van der Waals surface area contributed by atoms with Crippen molar-refractivity contribution in [3.05, 3.63) is 35.4 Å². The quantitative estimate of drug-likeness (QED) is 0.794. The van der Waals surface area contributed by atoms with E-state index in [-0.39, 0.29) is 6.10 Å². The Morgan fingerprint density at radius 3 is 2.12 bits per heavy atom. The van der Waals surface area contributed by atoms with Gasteiger partial charge in [0.1, 0.15) is 0 Å². The summed E-state index contributed by atoms with van der Waals surface area (Å²) in [5.41, 5.74) is 2.48. The molecule has 0 spiro atoms. The van der Waals surface area contributed by atoms with E-state index in [1.54, 1.807) is 0 Å². The van der Waals surface area contributed by atoms with Crippen molar-refractivity contribution in [2.75, 3.05) is 0 Å². The molecular weight excluding hydrogens is 196 g/mol. The van der Waals surface area contributed by atoms with Crippen LogP contribution in [0.1, 0.15) is 62.7 Å². The molecule has 1 unspecified atom stereocenters. The van der Waals surface area contributed by atoms with Crippen LogP contribution in [0.4, 0.5) is 0 Å². The predicted octanol–water partition coefficient (Wildman–Crippen LogP) is 4.03. The van der Waals surface area contributed by atoms with Crippen LogP contribution >= 0.6 is 0 Å². The Balaban J connectivity index is 2.04. The summed E-state index contributed by atoms with van der Waals surface area (Å²) in [7, 11) is 0. The van der Waals surface area contributed by atoms with Gasteiger partial charge in [-0.3, -0.25) is 0 Å². The first-order chi connectivity index (χ1) is 7.66. The minimum atomic E-state index is -0.347. The van der Waals surface area contributed by atoms with Crippen molar-refractivity contribution in [3.8, 4) is 0 Å². The number of hydrogen-bond donors (Lipinski definition) is 1. The second kappa shape index (κ2) is 5.01. The Morgan fingerprint density at radius 1 is 1.06 bits per heavy atom. The van der Waals surface area contributed by atoms with Crippen LogP contribution in [-0.2, 0) is 0 Å². The topological polar surface area (TPSA) is 20.2 Å². The average molecular weight is 218 g/mol. The molecule has 0 bridgehead atoms. The van der Waals surface area contributed by atoms with Gasteiger partial charge in [0.25, 0.3) is 0 Å². The van der Waals surface area contributed by atoms with E-state index in [1.807, 2.05) is 6.92 Å². The van der Waals surface area contributed by atoms with Crippen molar-refractivity contribution < 1.29 is 5.11 Å². The number of aliphatic hydroxyl groups is 1. The lowest BCUT2D eigenvalue weighted by molar-refractivity contribution is 0.199. The molecule has 1 heteroatoms. The molecule has 1 aliphatic rings. The first-order valence-corrected chi connectivity index (χ1v) is 6.44. The van der Waals surface area contributed by atoms with Gasteiger partial charge in [-0.25, -0.2) is 0 Å². The van der Waals surface area contributed by atoms with Gasteiger partial charge in [0.15, 0.2) is 0 Å². The Morgan fingerprint density at radius 2 is 1.62 bits per heavy atom. The van der Waals surface area contributed by atoms with Crippen LogP contribution in [0.25, 0.3) is 0 Å². The van der Waals surface area contributed by atoms with Gasteiger partial charge in [-0.1, -0.05) is 44.0 Å². The monoisotopic (exact) mass is 218 g/mol. The maximum Gasteiger partial charge on any atom is 0.0761 e. The Bertz CT molecular complexity index is 318. The first kappa shape index (κ1) is 11.7. The highest BCUT2D eigenvalue weighted by molar-refractivity contribution is 5.26. The van der Waals surface area contributed by atoms with Crippen LogP contribution in [0, 0.1) is 5.92 Å². The maximum absolute atomic E-state index is 9.46. The van der Waals surface area contributed by atoms with Crippen LogP contribution in [-0.4, -0.2) is 5.11 Å². The molecule has 1 fully saturated rings. The van der Waals surface area contributed by atoms with E-state index in [0.29, 0.717) is 0 Å². The number of benzene rings is 1. The third-order valence-corrected chi connectivity index (χ3v) is 3.91. The van der Waals surface area contributed by atoms with Crippen LogP contribution in [0.2, 0.25) is 0 Å². The molecular formula is C15H22O. The lowest BCUT2D eigenvalue weighted by atomic mass is 9.79. The fourth-order valence-corrected chi connectivity index (χ4v) is 2.64. The SMILES string of the molecule is CC1CCC(c2ccc(C(C)O)cc2)CC1.